The van der Waals surface area contributed by atoms with E-state index < -0.39 is 23.7 Å². The van der Waals surface area contributed by atoms with E-state index in [9.17, 15) is 14.4 Å². The molecule has 0 bridgehead atoms. The fraction of sp³-hybridized carbons (Fsp3) is 0.229. The summed E-state index contributed by atoms with van der Waals surface area (Å²) in [4.78, 5) is 35.5. The van der Waals surface area contributed by atoms with Crippen molar-refractivity contribution in [2.45, 2.75) is 34.1 Å². The Morgan fingerprint density at radius 1 is 0.786 bits per heavy atom. The van der Waals surface area contributed by atoms with Gasteiger partial charge in [0.1, 0.15) is 11.6 Å². The first kappa shape index (κ1) is 33.4. The molecule has 0 radical (unpaired) electrons. The van der Waals surface area contributed by atoms with Gasteiger partial charge in [-0.05, 0) is 74.6 Å². The minimum atomic E-state index is -0.548. The summed E-state index contributed by atoms with van der Waals surface area (Å²) in [5.74, 6) is -2.02. The van der Waals surface area contributed by atoms with E-state index in [0.717, 1.165) is 11.1 Å². The third-order valence-electron chi connectivity index (χ3n) is 6.02. The number of halogens is 1. The Morgan fingerprint density at radius 2 is 1.31 bits per heavy atom. The lowest BCUT2D eigenvalue weighted by atomic mass is 9.96. The first-order valence-electron chi connectivity index (χ1n) is 13.3. The average Bonchev–Trinajstić information content (AvgIpc) is 2.95. The molecule has 0 fully saturated rings. The summed E-state index contributed by atoms with van der Waals surface area (Å²) in [5.41, 5.74) is 3.94. The van der Waals surface area contributed by atoms with Crippen molar-refractivity contribution >= 4 is 23.5 Å². The highest BCUT2D eigenvalue weighted by Gasteiger charge is 2.17. The molecule has 0 saturated heterocycles. The molecule has 0 saturated carbocycles. The molecule has 6 nitrogen and oxygen atoms in total. The summed E-state index contributed by atoms with van der Waals surface area (Å²) in [6.45, 7) is 21.1. The topological polar surface area (TPSA) is 78.9 Å². The van der Waals surface area contributed by atoms with Gasteiger partial charge in [-0.25, -0.2) is 18.8 Å². The summed E-state index contributed by atoms with van der Waals surface area (Å²) in [5, 5.41) is 0. The molecule has 42 heavy (non-hydrogen) atoms. The molecule has 0 N–H and O–H groups in total. The minimum Gasteiger partial charge on any atom is -0.462 e. The zero-order valence-corrected chi connectivity index (χ0v) is 24.6. The molecular weight excluding hydrogens is 535 g/mol. The largest absolute Gasteiger partial charge is 0.462 e. The number of allylic oxidation sites excluding steroid dienone is 4. The molecular formula is C35H37FO6. The quantitative estimate of drug-likeness (QED) is 0.0768. The minimum absolute atomic E-state index is 0.0494. The maximum Gasteiger partial charge on any atom is 0.338 e. The zero-order valence-electron chi connectivity index (χ0n) is 24.6. The second-order valence-corrected chi connectivity index (χ2v) is 9.94. The highest BCUT2D eigenvalue weighted by Crippen LogP contribution is 2.27. The number of hydrogen-bond donors (Lipinski definition) is 0. The molecule has 220 valence electrons. The van der Waals surface area contributed by atoms with Crippen LogP contribution >= 0.6 is 0 Å². The Labute approximate surface area is 247 Å². The van der Waals surface area contributed by atoms with Gasteiger partial charge >= 0.3 is 17.9 Å². The van der Waals surface area contributed by atoms with E-state index in [4.69, 9.17) is 14.2 Å². The fourth-order valence-corrected chi connectivity index (χ4v) is 3.58. The molecule has 0 aromatic heterocycles. The smallest absolute Gasteiger partial charge is 0.338 e. The predicted octanol–water partition coefficient (Wildman–Crippen LogP) is 7.48. The molecule has 7 heteroatoms. The molecule has 0 heterocycles. The molecule has 0 aliphatic carbocycles. The van der Waals surface area contributed by atoms with E-state index in [1.54, 1.807) is 58.1 Å². The van der Waals surface area contributed by atoms with Gasteiger partial charge in [-0.3, -0.25) is 0 Å². The van der Waals surface area contributed by atoms with E-state index in [1.807, 2.05) is 24.3 Å². The van der Waals surface area contributed by atoms with Crippen molar-refractivity contribution in [2.24, 2.45) is 5.92 Å². The summed E-state index contributed by atoms with van der Waals surface area (Å²) in [6, 6.07) is 12.4. The van der Waals surface area contributed by atoms with Crippen molar-refractivity contribution in [2.75, 3.05) is 13.2 Å². The molecule has 0 atom stereocenters. The average molecular weight is 573 g/mol. The molecule has 0 amide bonds. The molecule has 2 rings (SSSR count). The number of esters is 3. The Morgan fingerprint density at radius 3 is 1.79 bits per heavy atom. The van der Waals surface area contributed by atoms with E-state index in [2.05, 4.69) is 26.3 Å². The summed E-state index contributed by atoms with van der Waals surface area (Å²) < 4.78 is 30.9. The molecule has 0 unspecified atom stereocenters. The summed E-state index contributed by atoms with van der Waals surface area (Å²) in [6.07, 6.45) is 5.20. The highest BCUT2D eigenvalue weighted by atomic mass is 19.1. The van der Waals surface area contributed by atoms with Gasteiger partial charge in [-0.1, -0.05) is 68.8 Å². The molecule has 0 aliphatic rings. The predicted molar refractivity (Wildman–Crippen MR) is 163 cm³/mol. The van der Waals surface area contributed by atoms with Crippen LogP contribution in [0, 0.1) is 11.7 Å². The molecule has 2 aromatic carbocycles. The number of carbonyl (C=O) groups is 3. The van der Waals surface area contributed by atoms with Gasteiger partial charge in [0.05, 0.1) is 13.2 Å². The van der Waals surface area contributed by atoms with Gasteiger partial charge in [-0.15, -0.1) is 0 Å². The number of ether oxygens (including phenoxy) is 3. The maximum atomic E-state index is 15.1. The molecule has 2 aromatic rings. The van der Waals surface area contributed by atoms with E-state index >= 15 is 4.39 Å². The van der Waals surface area contributed by atoms with Crippen LogP contribution < -0.4 is 0 Å². The van der Waals surface area contributed by atoms with Crippen molar-refractivity contribution < 1.29 is 33.0 Å². The second kappa shape index (κ2) is 15.9. The van der Waals surface area contributed by atoms with Crippen molar-refractivity contribution in [3.8, 4) is 11.1 Å². The van der Waals surface area contributed by atoms with Crippen molar-refractivity contribution in [3.63, 3.8) is 0 Å². The maximum absolute atomic E-state index is 15.1. The Balaban J connectivity index is 2.13. The number of carbonyl (C=O) groups excluding carboxylic acids is 3. The van der Waals surface area contributed by atoms with Crippen molar-refractivity contribution in [3.05, 3.63) is 126 Å². The second-order valence-electron chi connectivity index (χ2n) is 9.94. The zero-order chi connectivity index (χ0) is 31.4. The standard InChI is InChI=1S/C35H37FO6/c1-9-30(42-35(39)24(6)7)16-10-25(8)31-17-15-29(19-32(31)36)28-13-11-26(12-14-28)18-27(20-40-33(37)22(2)3)21-41-34(38)23(4)5/h9-17,19,27H,2,4,6,8,18,20-21H2,1,3,5,7H3/b16-10-,30-9+. The van der Waals surface area contributed by atoms with Gasteiger partial charge < -0.3 is 14.2 Å². The van der Waals surface area contributed by atoms with Crippen molar-refractivity contribution in [1.82, 2.24) is 0 Å². The normalized spacial score (nSPS) is 11.2. The van der Waals surface area contributed by atoms with Crippen LogP contribution in [0.5, 0.6) is 0 Å². The number of rotatable bonds is 14. The van der Waals surface area contributed by atoms with Gasteiger partial charge in [0.25, 0.3) is 0 Å². The molecule has 0 spiro atoms. The lowest BCUT2D eigenvalue weighted by molar-refractivity contribution is -0.144. The van der Waals surface area contributed by atoms with Crippen LogP contribution in [0.4, 0.5) is 4.39 Å². The summed E-state index contributed by atoms with van der Waals surface area (Å²) in [7, 11) is 0. The van der Waals surface area contributed by atoms with E-state index in [0.29, 0.717) is 28.9 Å². The van der Waals surface area contributed by atoms with E-state index in [-0.39, 0.29) is 35.9 Å². The Bertz CT molecular complexity index is 1410. The lowest BCUT2D eigenvalue weighted by Gasteiger charge is -2.18. The van der Waals surface area contributed by atoms with Crippen LogP contribution in [0.1, 0.15) is 38.8 Å². The van der Waals surface area contributed by atoms with Crippen LogP contribution in [0.15, 0.2) is 109 Å². The Kier molecular flexibility index (Phi) is 12.6. The first-order chi connectivity index (χ1) is 19.8. The van der Waals surface area contributed by atoms with Crippen LogP contribution in [-0.4, -0.2) is 31.1 Å². The highest BCUT2D eigenvalue weighted by molar-refractivity contribution is 5.88. The summed E-state index contributed by atoms with van der Waals surface area (Å²) >= 11 is 0. The number of benzene rings is 2. The lowest BCUT2D eigenvalue weighted by Crippen LogP contribution is -2.23. The van der Waals surface area contributed by atoms with Crippen LogP contribution in [-0.2, 0) is 35.0 Å². The van der Waals surface area contributed by atoms with Crippen molar-refractivity contribution in [1.29, 1.82) is 0 Å². The molecule has 0 aliphatic heterocycles. The fourth-order valence-electron chi connectivity index (χ4n) is 3.58. The van der Waals surface area contributed by atoms with Gasteiger partial charge in [0, 0.05) is 28.2 Å². The third kappa shape index (κ3) is 10.3. The van der Waals surface area contributed by atoms with E-state index in [1.165, 1.54) is 6.07 Å². The van der Waals surface area contributed by atoms with Gasteiger partial charge in [0.2, 0.25) is 0 Å². The first-order valence-corrected chi connectivity index (χ1v) is 13.3. The van der Waals surface area contributed by atoms with Gasteiger partial charge in [-0.2, -0.15) is 0 Å². The monoisotopic (exact) mass is 572 g/mol. The van der Waals surface area contributed by atoms with Crippen LogP contribution in [0.25, 0.3) is 16.7 Å². The van der Waals surface area contributed by atoms with Crippen LogP contribution in [0.3, 0.4) is 0 Å². The van der Waals surface area contributed by atoms with Crippen LogP contribution in [0.2, 0.25) is 0 Å². The third-order valence-corrected chi connectivity index (χ3v) is 6.02. The SMILES string of the molecule is C=C(C)C(=O)OCC(COC(=O)C(=C)C)Cc1ccc(-c2ccc(C(=C)/C=C\C(=C/C)OC(=O)C(=C)C)c(F)c2)cc1. The van der Waals surface area contributed by atoms with Gasteiger partial charge in [0.15, 0.2) is 0 Å². The number of hydrogen-bond acceptors (Lipinski definition) is 6. The Hall–Kier alpha value is -4.78.